The second-order valence-electron chi connectivity index (χ2n) is 6.66. The van der Waals surface area contributed by atoms with E-state index >= 15 is 0 Å². The largest absolute Gasteiger partial charge is 0.457 e. The van der Waals surface area contributed by atoms with E-state index in [-0.39, 0.29) is 5.78 Å². The second-order valence-corrected chi connectivity index (χ2v) is 6.66. The molecule has 4 aromatic rings. The predicted molar refractivity (Wildman–Crippen MR) is 117 cm³/mol. The van der Waals surface area contributed by atoms with Crippen LogP contribution >= 0.6 is 0 Å². The molecule has 0 aliphatic rings. The van der Waals surface area contributed by atoms with Gasteiger partial charge in [0, 0.05) is 22.8 Å². The molecule has 0 fully saturated rings. The molecule has 0 unspecified atom stereocenters. The highest BCUT2D eigenvalue weighted by Crippen LogP contribution is 2.36. The fourth-order valence-electron chi connectivity index (χ4n) is 3.13. The van der Waals surface area contributed by atoms with Crippen molar-refractivity contribution >= 4 is 17.2 Å². The molecule has 4 N–H and O–H groups in total. The molecule has 0 spiro atoms. The Morgan fingerprint density at radius 2 is 1.24 bits per heavy atom. The van der Waals surface area contributed by atoms with Crippen LogP contribution in [0.2, 0.25) is 0 Å². The van der Waals surface area contributed by atoms with Crippen LogP contribution in [-0.2, 0) is 0 Å². The smallest absolute Gasteiger partial charge is 0.193 e. The van der Waals surface area contributed by atoms with Crippen molar-refractivity contribution in [2.75, 3.05) is 11.5 Å². The summed E-state index contributed by atoms with van der Waals surface area (Å²) in [4.78, 5) is 12.5. The van der Waals surface area contributed by atoms with Gasteiger partial charge in [-0.1, -0.05) is 60.7 Å². The van der Waals surface area contributed by atoms with Crippen molar-refractivity contribution < 1.29 is 9.53 Å². The fraction of sp³-hybridized carbons (Fsp3) is 0. The summed E-state index contributed by atoms with van der Waals surface area (Å²) in [6.07, 6.45) is 0. The molecule has 4 aromatic carbocycles. The van der Waals surface area contributed by atoms with Gasteiger partial charge in [0.15, 0.2) is 5.78 Å². The van der Waals surface area contributed by atoms with Crippen molar-refractivity contribution in [3.63, 3.8) is 0 Å². The lowest BCUT2D eigenvalue weighted by Gasteiger charge is -2.13. The van der Waals surface area contributed by atoms with Gasteiger partial charge in [0.2, 0.25) is 0 Å². The molecule has 0 saturated carbocycles. The topological polar surface area (TPSA) is 78.3 Å². The van der Waals surface area contributed by atoms with Gasteiger partial charge in [-0.3, -0.25) is 4.79 Å². The summed E-state index contributed by atoms with van der Waals surface area (Å²) in [5, 5.41) is 0. The van der Waals surface area contributed by atoms with Gasteiger partial charge < -0.3 is 16.2 Å². The molecule has 0 aromatic heterocycles. The summed E-state index contributed by atoms with van der Waals surface area (Å²) < 4.78 is 5.97. The van der Waals surface area contributed by atoms with E-state index in [2.05, 4.69) is 0 Å². The van der Waals surface area contributed by atoms with E-state index in [0.29, 0.717) is 34.0 Å². The Labute approximate surface area is 169 Å². The molecular formula is C25H20N2O2. The second kappa shape index (κ2) is 7.90. The average Bonchev–Trinajstić information content (AvgIpc) is 2.77. The number of benzene rings is 4. The lowest BCUT2D eigenvalue weighted by molar-refractivity contribution is 0.103. The Kier molecular flexibility index (Phi) is 4.99. The number of carbonyl (C=O) groups excluding carboxylic acids is 1. The standard InChI is InChI=1S/C25H20N2O2/c26-23-16-21(15-22(24(23)27)17-7-3-1-4-8-17)29-20-13-11-19(12-14-20)25(28)18-9-5-2-6-10-18/h1-16H,26-27H2. The van der Waals surface area contributed by atoms with E-state index in [4.69, 9.17) is 16.2 Å². The van der Waals surface area contributed by atoms with Crippen molar-refractivity contribution in [1.29, 1.82) is 0 Å². The van der Waals surface area contributed by atoms with Crippen molar-refractivity contribution in [1.82, 2.24) is 0 Å². The molecule has 0 saturated heterocycles. The summed E-state index contributed by atoms with van der Waals surface area (Å²) in [6, 6.07) is 29.6. The van der Waals surface area contributed by atoms with Crippen molar-refractivity contribution in [2.45, 2.75) is 0 Å². The predicted octanol–water partition coefficient (Wildman–Crippen LogP) is 5.54. The molecule has 4 heteroatoms. The van der Waals surface area contributed by atoms with E-state index in [9.17, 15) is 4.79 Å². The van der Waals surface area contributed by atoms with Gasteiger partial charge >= 0.3 is 0 Å². The van der Waals surface area contributed by atoms with Gasteiger partial charge in [0.1, 0.15) is 11.5 Å². The number of hydrogen-bond donors (Lipinski definition) is 2. The number of ether oxygens (including phenoxy) is 1. The summed E-state index contributed by atoms with van der Waals surface area (Å²) in [5.41, 5.74) is 16.3. The van der Waals surface area contributed by atoms with Gasteiger partial charge in [0.05, 0.1) is 11.4 Å². The number of nitrogens with two attached hydrogens (primary N) is 2. The van der Waals surface area contributed by atoms with Crippen LogP contribution in [0, 0.1) is 0 Å². The highest BCUT2D eigenvalue weighted by atomic mass is 16.5. The van der Waals surface area contributed by atoms with Crippen LogP contribution in [0.15, 0.2) is 97.1 Å². The Bertz CT molecular complexity index is 1140. The average molecular weight is 380 g/mol. The minimum atomic E-state index is -0.0276. The molecule has 0 amide bonds. The molecule has 142 valence electrons. The zero-order valence-corrected chi connectivity index (χ0v) is 15.7. The molecule has 0 atom stereocenters. The SMILES string of the molecule is Nc1cc(Oc2ccc(C(=O)c3ccccc3)cc2)cc(-c2ccccc2)c1N. The molecule has 4 nitrogen and oxygen atoms in total. The normalized spacial score (nSPS) is 10.5. The van der Waals surface area contributed by atoms with E-state index in [1.54, 1.807) is 42.5 Å². The van der Waals surface area contributed by atoms with E-state index < -0.39 is 0 Å². The van der Waals surface area contributed by atoms with Crippen LogP contribution in [0.1, 0.15) is 15.9 Å². The third kappa shape index (κ3) is 3.96. The number of ketones is 1. The monoisotopic (exact) mass is 380 g/mol. The summed E-state index contributed by atoms with van der Waals surface area (Å²) in [6.45, 7) is 0. The first-order chi connectivity index (χ1) is 14.1. The Hall–Kier alpha value is -4.05. The molecule has 0 aliphatic carbocycles. The maximum Gasteiger partial charge on any atom is 0.193 e. The maximum atomic E-state index is 12.5. The van der Waals surface area contributed by atoms with Gasteiger partial charge in [-0.15, -0.1) is 0 Å². The maximum absolute atomic E-state index is 12.5. The number of hydrogen-bond acceptors (Lipinski definition) is 4. The lowest BCUT2D eigenvalue weighted by atomic mass is 10.0. The summed E-state index contributed by atoms with van der Waals surface area (Å²) in [7, 11) is 0. The summed E-state index contributed by atoms with van der Waals surface area (Å²) >= 11 is 0. The highest BCUT2D eigenvalue weighted by molar-refractivity contribution is 6.09. The van der Waals surface area contributed by atoms with Crippen molar-refractivity contribution in [2.24, 2.45) is 0 Å². The quantitative estimate of drug-likeness (QED) is 0.352. The third-order valence-electron chi connectivity index (χ3n) is 4.66. The molecular weight excluding hydrogens is 360 g/mol. The zero-order valence-electron chi connectivity index (χ0n) is 15.7. The Morgan fingerprint density at radius 3 is 1.90 bits per heavy atom. The zero-order chi connectivity index (χ0) is 20.2. The number of anilines is 2. The van der Waals surface area contributed by atoms with Crippen LogP contribution in [-0.4, -0.2) is 5.78 Å². The Balaban J connectivity index is 1.58. The number of carbonyl (C=O) groups is 1. The van der Waals surface area contributed by atoms with Crippen LogP contribution in [0.5, 0.6) is 11.5 Å². The first-order valence-corrected chi connectivity index (χ1v) is 9.24. The lowest BCUT2D eigenvalue weighted by Crippen LogP contribution is -2.01. The molecule has 4 rings (SSSR count). The number of nitrogen functional groups attached to an aromatic ring is 2. The molecule has 0 heterocycles. The van der Waals surface area contributed by atoms with Crippen LogP contribution in [0.25, 0.3) is 11.1 Å². The van der Waals surface area contributed by atoms with Crippen LogP contribution in [0.4, 0.5) is 11.4 Å². The van der Waals surface area contributed by atoms with Crippen LogP contribution < -0.4 is 16.2 Å². The van der Waals surface area contributed by atoms with Gasteiger partial charge in [-0.2, -0.15) is 0 Å². The van der Waals surface area contributed by atoms with E-state index in [1.807, 2.05) is 54.6 Å². The molecule has 29 heavy (non-hydrogen) atoms. The van der Waals surface area contributed by atoms with E-state index in [1.165, 1.54) is 0 Å². The van der Waals surface area contributed by atoms with Gasteiger partial charge in [0.25, 0.3) is 0 Å². The number of rotatable bonds is 5. The minimum Gasteiger partial charge on any atom is -0.457 e. The first-order valence-electron chi connectivity index (χ1n) is 9.24. The van der Waals surface area contributed by atoms with Crippen LogP contribution in [0.3, 0.4) is 0 Å². The van der Waals surface area contributed by atoms with E-state index in [0.717, 1.165) is 11.1 Å². The molecule has 0 aliphatic heterocycles. The molecule has 0 radical (unpaired) electrons. The summed E-state index contributed by atoms with van der Waals surface area (Å²) in [5.74, 6) is 1.16. The minimum absolute atomic E-state index is 0.0276. The van der Waals surface area contributed by atoms with Crippen molar-refractivity contribution in [3.8, 4) is 22.6 Å². The fourth-order valence-corrected chi connectivity index (χ4v) is 3.13. The highest BCUT2D eigenvalue weighted by Gasteiger charge is 2.11. The van der Waals surface area contributed by atoms with Gasteiger partial charge in [-0.05, 0) is 35.9 Å². The Morgan fingerprint density at radius 1 is 0.655 bits per heavy atom. The molecule has 0 bridgehead atoms. The third-order valence-corrected chi connectivity index (χ3v) is 4.66. The van der Waals surface area contributed by atoms with Gasteiger partial charge in [-0.25, -0.2) is 0 Å². The first kappa shape index (κ1) is 18.3. The van der Waals surface area contributed by atoms with Crippen molar-refractivity contribution in [3.05, 3.63) is 108 Å².